The Balaban J connectivity index is 3.39. The number of carbonyl (C=O) groups excluding carboxylic acids is 2. The van der Waals surface area contributed by atoms with Crippen molar-refractivity contribution in [3.05, 3.63) is 28.8 Å². The van der Waals surface area contributed by atoms with Gasteiger partial charge < -0.3 is 0 Å². The van der Waals surface area contributed by atoms with Gasteiger partial charge in [0.05, 0.1) is 5.69 Å². The van der Waals surface area contributed by atoms with Gasteiger partial charge in [-0.1, -0.05) is 0 Å². The maximum Gasteiger partial charge on any atom is 0.252 e. The van der Waals surface area contributed by atoms with Gasteiger partial charge in [0, 0.05) is 5.56 Å². The Bertz CT molecular complexity index is 411. The second-order valence-corrected chi connectivity index (χ2v) is 3.27. The summed E-state index contributed by atoms with van der Waals surface area (Å²) in [6, 6.07) is 3.24. The molecule has 0 bridgehead atoms. The van der Waals surface area contributed by atoms with Crippen molar-refractivity contribution >= 4 is 28.6 Å². The number of rotatable bonds is 2. The van der Waals surface area contributed by atoms with Crippen LogP contribution in [-0.2, 0) is 4.79 Å². The molecule has 0 fully saturated rings. The molecular formula is C10H8ClNO2. The molecule has 0 saturated heterocycles. The molecule has 0 unspecified atom stereocenters. The highest BCUT2D eigenvalue weighted by Crippen LogP contribution is 2.23. The van der Waals surface area contributed by atoms with Crippen LogP contribution in [0.4, 0.5) is 5.69 Å². The molecule has 0 aromatic heterocycles. The van der Waals surface area contributed by atoms with Crippen molar-refractivity contribution in [1.29, 1.82) is 0 Å². The summed E-state index contributed by atoms with van der Waals surface area (Å²) >= 11 is 5.40. The summed E-state index contributed by atoms with van der Waals surface area (Å²) in [6.07, 6.45) is 1.44. The maximum atomic E-state index is 11.0. The molecule has 0 aliphatic heterocycles. The van der Waals surface area contributed by atoms with E-state index in [9.17, 15) is 9.59 Å². The van der Waals surface area contributed by atoms with E-state index < -0.39 is 5.24 Å². The third-order valence-corrected chi connectivity index (χ3v) is 2.08. The SMILES string of the molecule is Cc1cc(N=C=O)cc(C)c1C(=O)Cl. The summed E-state index contributed by atoms with van der Waals surface area (Å²) in [5.74, 6) is 0. The van der Waals surface area contributed by atoms with Gasteiger partial charge in [0.1, 0.15) is 0 Å². The van der Waals surface area contributed by atoms with Crippen LogP contribution in [0.5, 0.6) is 0 Å². The highest BCUT2D eigenvalue weighted by atomic mass is 35.5. The molecule has 1 aromatic rings. The van der Waals surface area contributed by atoms with Gasteiger partial charge in [0.25, 0.3) is 5.24 Å². The van der Waals surface area contributed by atoms with Gasteiger partial charge >= 0.3 is 0 Å². The van der Waals surface area contributed by atoms with Crippen molar-refractivity contribution in [2.24, 2.45) is 4.99 Å². The van der Waals surface area contributed by atoms with Crippen LogP contribution in [0.3, 0.4) is 0 Å². The molecule has 14 heavy (non-hydrogen) atoms. The highest BCUT2D eigenvalue weighted by molar-refractivity contribution is 6.68. The lowest BCUT2D eigenvalue weighted by molar-refractivity contribution is 0.108. The number of hydrogen-bond acceptors (Lipinski definition) is 3. The molecule has 0 aliphatic carbocycles. The zero-order valence-electron chi connectivity index (χ0n) is 7.80. The van der Waals surface area contributed by atoms with E-state index in [0.29, 0.717) is 22.4 Å². The van der Waals surface area contributed by atoms with Gasteiger partial charge in [0.2, 0.25) is 6.08 Å². The van der Waals surface area contributed by atoms with Crippen molar-refractivity contribution in [2.45, 2.75) is 13.8 Å². The Hall–Kier alpha value is -1.44. The largest absolute Gasteiger partial charge is 0.276 e. The summed E-state index contributed by atoms with van der Waals surface area (Å²) in [4.78, 5) is 24.5. The number of isocyanates is 1. The minimum atomic E-state index is -0.498. The predicted molar refractivity (Wildman–Crippen MR) is 53.9 cm³/mol. The van der Waals surface area contributed by atoms with Crippen LogP contribution in [0.1, 0.15) is 21.5 Å². The van der Waals surface area contributed by atoms with Crippen molar-refractivity contribution < 1.29 is 9.59 Å². The van der Waals surface area contributed by atoms with Crippen LogP contribution < -0.4 is 0 Å². The van der Waals surface area contributed by atoms with Gasteiger partial charge in [0.15, 0.2) is 0 Å². The fourth-order valence-corrected chi connectivity index (χ4v) is 1.67. The molecule has 0 radical (unpaired) electrons. The van der Waals surface area contributed by atoms with Gasteiger partial charge in [-0.25, -0.2) is 4.79 Å². The summed E-state index contributed by atoms with van der Waals surface area (Å²) < 4.78 is 0. The van der Waals surface area contributed by atoms with Crippen molar-refractivity contribution in [2.75, 3.05) is 0 Å². The van der Waals surface area contributed by atoms with Gasteiger partial charge in [-0.05, 0) is 48.7 Å². The zero-order valence-corrected chi connectivity index (χ0v) is 8.55. The molecule has 0 atom stereocenters. The van der Waals surface area contributed by atoms with Crippen LogP contribution in [-0.4, -0.2) is 11.3 Å². The van der Waals surface area contributed by atoms with E-state index in [1.54, 1.807) is 26.0 Å². The Labute approximate surface area is 86.4 Å². The minimum Gasteiger partial charge on any atom is -0.276 e. The third kappa shape index (κ3) is 2.08. The number of halogens is 1. The second kappa shape index (κ2) is 4.18. The van der Waals surface area contributed by atoms with Crippen molar-refractivity contribution in [1.82, 2.24) is 0 Å². The van der Waals surface area contributed by atoms with Crippen LogP contribution >= 0.6 is 11.6 Å². The molecule has 0 N–H and O–H groups in total. The van der Waals surface area contributed by atoms with E-state index >= 15 is 0 Å². The lowest BCUT2D eigenvalue weighted by atomic mass is 10.0. The lowest BCUT2D eigenvalue weighted by Gasteiger charge is -2.05. The summed E-state index contributed by atoms with van der Waals surface area (Å²) in [6.45, 7) is 3.48. The van der Waals surface area contributed by atoms with E-state index in [4.69, 9.17) is 11.6 Å². The molecule has 0 amide bonds. The molecular weight excluding hydrogens is 202 g/mol. The maximum absolute atomic E-state index is 11.0. The normalized spacial score (nSPS) is 9.36. The van der Waals surface area contributed by atoms with Crippen LogP contribution in [0, 0.1) is 13.8 Å². The molecule has 72 valence electrons. The molecule has 4 heteroatoms. The first-order valence-electron chi connectivity index (χ1n) is 3.95. The Morgan fingerprint density at radius 2 is 1.86 bits per heavy atom. The van der Waals surface area contributed by atoms with Crippen molar-refractivity contribution in [3.8, 4) is 0 Å². The Morgan fingerprint density at radius 1 is 1.36 bits per heavy atom. The first-order valence-corrected chi connectivity index (χ1v) is 4.33. The number of benzene rings is 1. The lowest BCUT2D eigenvalue weighted by Crippen LogP contribution is -1.96. The zero-order chi connectivity index (χ0) is 10.7. The van der Waals surface area contributed by atoms with E-state index in [1.165, 1.54) is 6.08 Å². The minimum absolute atomic E-state index is 0.469. The topological polar surface area (TPSA) is 46.5 Å². The van der Waals surface area contributed by atoms with Crippen LogP contribution in [0.2, 0.25) is 0 Å². The molecule has 0 saturated carbocycles. The van der Waals surface area contributed by atoms with Gasteiger partial charge in [-0.2, -0.15) is 4.99 Å². The molecule has 0 heterocycles. The average Bonchev–Trinajstić information content (AvgIpc) is 2.01. The smallest absolute Gasteiger partial charge is 0.252 e. The third-order valence-electron chi connectivity index (χ3n) is 1.89. The first-order chi connectivity index (χ1) is 6.56. The number of aryl methyl sites for hydroxylation is 2. The fourth-order valence-electron chi connectivity index (χ4n) is 1.37. The summed E-state index contributed by atoms with van der Waals surface area (Å²) in [7, 11) is 0. The standard InChI is InChI=1S/C10H8ClNO2/c1-6-3-8(12-5-13)4-7(2)9(6)10(11)14/h3-4H,1-2H3. The molecule has 1 rings (SSSR count). The van der Waals surface area contributed by atoms with E-state index in [-0.39, 0.29) is 0 Å². The van der Waals surface area contributed by atoms with Gasteiger partial charge in [-0.15, -0.1) is 0 Å². The molecule has 0 spiro atoms. The quantitative estimate of drug-likeness (QED) is 0.427. The van der Waals surface area contributed by atoms with E-state index in [1.807, 2.05) is 0 Å². The van der Waals surface area contributed by atoms with E-state index in [2.05, 4.69) is 4.99 Å². The average molecular weight is 210 g/mol. The highest BCUT2D eigenvalue weighted by Gasteiger charge is 2.10. The number of hydrogen-bond donors (Lipinski definition) is 0. The first kappa shape index (κ1) is 10.6. The summed E-state index contributed by atoms with van der Waals surface area (Å²) in [5.41, 5.74) is 2.37. The van der Waals surface area contributed by atoms with E-state index in [0.717, 1.165) is 0 Å². The van der Waals surface area contributed by atoms with Crippen molar-refractivity contribution in [3.63, 3.8) is 0 Å². The Morgan fingerprint density at radius 3 is 2.21 bits per heavy atom. The molecule has 3 nitrogen and oxygen atoms in total. The predicted octanol–water partition coefficient (Wildman–Crippen LogP) is 2.65. The van der Waals surface area contributed by atoms with Crippen LogP contribution in [0.15, 0.2) is 17.1 Å². The summed E-state index contributed by atoms with van der Waals surface area (Å²) in [5, 5.41) is -0.498. The number of carbonyl (C=O) groups is 1. The van der Waals surface area contributed by atoms with Gasteiger partial charge in [-0.3, -0.25) is 4.79 Å². The Kier molecular flexibility index (Phi) is 3.18. The fraction of sp³-hybridized carbons (Fsp3) is 0.200. The molecule has 1 aromatic carbocycles. The number of aliphatic imine (C=N–C) groups is 1. The number of nitrogens with zero attached hydrogens (tertiary/aromatic N) is 1. The monoisotopic (exact) mass is 209 g/mol. The second-order valence-electron chi connectivity index (χ2n) is 2.93. The molecule has 0 aliphatic rings. The van der Waals surface area contributed by atoms with Crippen LogP contribution in [0.25, 0.3) is 0 Å².